The van der Waals surface area contributed by atoms with E-state index in [1.54, 1.807) is 11.6 Å². The summed E-state index contributed by atoms with van der Waals surface area (Å²) in [5.41, 5.74) is -0.0774. The number of hydrogen-bond donors (Lipinski definition) is 2. The molecule has 1 fully saturated rings. The number of nitrogens with one attached hydrogen (secondary N) is 1. The van der Waals surface area contributed by atoms with Crippen molar-refractivity contribution in [1.29, 1.82) is 0 Å². The minimum Gasteiger partial charge on any atom is -0.392 e. The molecule has 0 saturated carbocycles. The van der Waals surface area contributed by atoms with E-state index in [1.807, 2.05) is 11.9 Å². The lowest BCUT2D eigenvalue weighted by atomic mass is 10.1. The summed E-state index contributed by atoms with van der Waals surface area (Å²) in [6.45, 7) is 6.66. The highest BCUT2D eigenvalue weighted by Crippen LogP contribution is 2.29. The summed E-state index contributed by atoms with van der Waals surface area (Å²) in [5, 5.41) is 10.3. The molecule has 1 unspecified atom stereocenters. The molecule has 9 heteroatoms. The number of hydrogen-bond acceptors (Lipinski definition) is 7. The SMILES string of the molecule is CN1CCN(CC(O)CCCCCCCCCN2CN(C)c3c2n(C)c(=O)[nH]c3=O)CC1. The number of aromatic nitrogens is 2. The quantitative estimate of drug-likeness (QED) is 0.460. The van der Waals surface area contributed by atoms with E-state index < -0.39 is 0 Å². The van der Waals surface area contributed by atoms with Crippen LogP contribution in [0, 0.1) is 0 Å². The van der Waals surface area contributed by atoms with Crippen LogP contribution < -0.4 is 21.0 Å². The van der Waals surface area contributed by atoms with Crippen molar-refractivity contribution in [3.8, 4) is 0 Å². The Labute approximate surface area is 191 Å². The van der Waals surface area contributed by atoms with Crippen molar-refractivity contribution in [2.45, 2.75) is 57.5 Å². The van der Waals surface area contributed by atoms with E-state index in [-0.39, 0.29) is 17.4 Å². The molecule has 1 aromatic heterocycles. The third-order valence-electron chi connectivity index (χ3n) is 6.86. The van der Waals surface area contributed by atoms with Crippen molar-refractivity contribution in [2.24, 2.45) is 7.05 Å². The zero-order valence-electron chi connectivity index (χ0n) is 20.2. The van der Waals surface area contributed by atoms with Gasteiger partial charge in [-0.05, 0) is 19.9 Å². The molecule has 182 valence electrons. The van der Waals surface area contributed by atoms with E-state index in [9.17, 15) is 14.7 Å². The predicted molar refractivity (Wildman–Crippen MR) is 130 cm³/mol. The third-order valence-corrected chi connectivity index (χ3v) is 6.86. The first-order valence-electron chi connectivity index (χ1n) is 12.2. The van der Waals surface area contributed by atoms with Gasteiger partial charge in [-0.3, -0.25) is 19.2 Å². The number of aliphatic hydroxyl groups is 1. The molecule has 9 nitrogen and oxygen atoms in total. The lowest BCUT2D eigenvalue weighted by Gasteiger charge is -2.33. The summed E-state index contributed by atoms with van der Waals surface area (Å²) >= 11 is 0. The Morgan fingerprint density at radius 3 is 2.22 bits per heavy atom. The number of H-pyrrole nitrogens is 1. The fraction of sp³-hybridized carbons (Fsp3) is 0.826. The fourth-order valence-corrected chi connectivity index (χ4v) is 4.86. The van der Waals surface area contributed by atoms with E-state index in [4.69, 9.17) is 0 Å². The molecule has 0 spiro atoms. The summed E-state index contributed by atoms with van der Waals surface area (Å²) in [5.74, 6) is 0.733. The van der Waals surface area contributed by atoms with Gasteiger partial charge in [-0.2, -0.15) is 0 Å². The van der Waals surface area contributed by atoms with E-state index in [0.717, 1.165) is 70.8 Å². The van der Waals surface area contributed by atoms with Crippen LogP contribution in [0.2, 0.25) is 0 Å². The van der Waals surface area contributed by atoms with Gasteiger partial charge in [0, 0.05) is 53.4 Å². The Balaban J connectivity index is 1.24. The zero-order valence-corrected chi connectivity index (χ0v) is 20.2. The van der Waals surface area contributed by atoms with Gasteiger partial charge in [0.1, 0.15) is 11.5 Å². The molecule has 3 rings (SSSR count). The molecule has 2 N–H and O–H groups in total. The summed E-state index contributed by atoms with van der Waals surface area (Å²) in [7, 11) is 5.76. The summed E-state index contributed by atoms with van der Waals surface area (Å²) in [6.07, 6.45) is 8.87. The second kappa shape index (κ2) is 11.9. The zero-order chi connectivity index (χ0) is 23.1. The summed E-state index contributed by atoms with van der Waals surface area (Å²) in [4.78, 5) is 35.2. The topological polar surface area (TPSA) is 88.1 Å². The van der Waals surface area contributed by atoms with Crippen LogP contribution in [0.15, 0.2) is 9.59 Å². The van der Waals surface area contributed by atoms with E-state index in [2.05, 4.69) is 26.7 Å². The fourth-order valence-electron chi connectivity index (χ4n) is 4.86. The molecule has 2 aliphatic rings. The van der Waals surface area contributed by atoms with Crippen molar-refractivity contribution >= 4 is 11.5 Å². The Kier molecular flexibility index (Phi) is 9.19. The Morgan fingerprint density at radius 1 is 0.906 bits per heavy atom. The Hall–Kier alpha value is -1.84. The number of rotatable bonds is 12. The predicted octanol–water partition coefficient (Wildman–Crippen LogP) is 1.02. The molecule has 32 heavy (non-hydrogen) atoms. The van der Waals surface area contributed by atoms with Crippen molar-refractivity contribution in [1.82, 2.24) is 19.4 Å². The molecule has 0 bridgehead atoms. The first-order chi connectivity index (χ1) is 15.4. The van der Waals surface area contributed by atoms with Crippen LogP contribution >= 0.6 is 0 Å². The number of aliphatic hydroxyl groups excluding tert-OH is 1. The smallest absolute Gasteiger partial charge is 0.329 e. The summed E-state index contributed by atoms with van der Waals surface area (Å²) in [6, 6.07) is 0. The molecule has 1 saturated heterocycles. The monoisotopic (exact) mass is 450 g/mol. The van der Waals surface area contributed by atoms with Gasteiger partial charge in [0.25, 0.3) is 5.56 Å². The van der Waals surface area contributed by atoms with Crippen molar-refractivity contribution in [3.63, 3.8) is 0 Å². The average Bonchev–Trinajstić information content (AvgIpc) is 3.09. The third kappa shape index (κ3) is 6.59. The van der Waals surface area contributed by atoms with Gasteiger partial charge in [0.15, 0.2) is 0 Å². The standard InChI is InChI=1S/C23H42N6O3/c1-25-13-15-28(16-14-25)17-19(30)11-9-7-5-4-6-8-10-12-29-18-26(2)20-21(31)24-23(32)27(3)22(20)29/h19,30H,4-18H2,1-3H3,(H,24,31,32). The molecular formula is C23H42N6O3. The number of piperazine rings is 1. The van der Waals surface area contributed by atoms with E-state index in [1.165, 1.54) is 25.7 Å². The van der Waals surface area contributed by atoms with Gasteiger partial charge < -0.3 is 19.8 Å². The van der Waals surface area contributed by atoms with Gasteiger partial charge in [0.2, 0.25) is 0 Å². The molecular weight excluding hydrogens is 408 g/mol. The number of aromatic amines is 1. The number of nitrogens with zero attached hydrogens (tertiary/aromatic N) is 5. The van der Waals surface area contributed by atoms with E-state index >= 15 is 0 Å². The maximum absolute atomic E-state index is 12.1. The highest BCUT2D eigenvalue weighted by atomic mass is 16.3. The molecule has 1 atom stereocenters. The first-order valence-corrected chi connectivity index (χ1v) is 12.2. The van der Waals surface area contributed by atoms with Gasteiger partial charge in [-0.25, -0.2) is 4.79 Å². The molecule has 0 aromatic carbocycles. The number of β-amino-alcohol motifs (C(OH)–C–C–N with tert-alkyl or cyclic N) is 1. The minimum atomic E-state index is -0.359. The number of fused-ring (bicyclic) bond motifs is 1. The number of unbranched alkanes of at least 4 members (excludes halogenated alkanes) is 6. The van der Waals surface area contributed by atoms with Crippen LogP contribution in [-0.2, 0) is 7.05 Å². The molecule has 1 aromatic rings. The van der Waals surface area contributed by atoms with Crippen LogP contribution in [0.1, 0.15) is 51.4 Å². The normalized spacial score (nSPS) is 18.4. The molecule has 3 heterocycles. The second-order valence-electron chi connectivity index (χ2n) is 9.61. The van der Waals surface area contributed by atoms with Crippen LogP contribution in [0.25, 0.3) is 0 Å². The van der Waals surface area contributed by atoms with Crippen LogP contribution in [0.3, 0.4) is 0 Å². The highest BCUT2D eigenvalue weighted by molar-refractivity contribution is 5.71. The molecule has 0 amide bonds. The molecule has 0 radical (unpaired) electrons. The molecule has 2 aliphatic heterocycles. The van der Waals surface area contributed by atoms with Gasteiger partial charge in [-0.1, -0.05) is 38.5 Å². The van der Waals surface area contributed by atoms with Gasteiger partial charge >= 0.3 is 5.69 Å². The van der Waals surface area contributed by atoms with Crippen LogP contribution in [-0.4, -0.2) is 90.6 Å². The van der Waals surface area contributed by atoms with Crippen molar-refractivity contribution in [3.05, 3.63) is 20.8 Å². The largest absolute Gasteiger partial charge is 0.392 e. The first kappa shape index (κ1) is 24.8. The molecule has 0 aliphatic carbocycles. The van der Waals surface area contributed by atoms with E-state index in [0.29, 0.717) is 12.4 Å². The minimum absolute atomic E-state index is 0.192. The summed E-state index contributed by atoms with van der Waals surface area (Å²) < 4.78 is 1.54. The highest BCUT2D eigenvalue weighted by Gasteiger charge is 2.29. The average molecular weight is 451 g/mol. The lowest BCUT2D eigenvalue weighted by Crippen LogP contribution is -2.46. The second-order valence-corrected chi connectivity index (χ2v) is 9.61. The van der Waals surface area contributed by atoms with Crippen LogP contribution in [0.5, 0.6) is 0 Å². The van der Waals surface area contributed by atoms with Crippen molar-refractivity contribution < 1.29 is 5.11 Å². The lowest BCUT2D eigenvalue weighted by molar-refractivity contribution is 0.0744. The van der Waals surface area contributed by atoms with Crippen molar-refractivity contribution in [2.75, 3.05) is 69.8 Å². The Bertz CT molecular complexity index is 830. The van der Waals surface area contributed by atoms with Gasteiger partial charge in [-0.15, -0.1) is 0 Å². The van der Waals surface area contributed by atoms with Crippen LogP contribution in [0.4, 0.5) is 11.5 Å². The maximum Gasteiger partial charge on any atom is 0.329 e. The number of likely N-dealkylation sites (N-methyl/N-ethyl adjacent to an activating group) is 1. The number of anilines is 2. The Morgan fingerprint density at radius 2 is 1.53 bits per heavy atom. The van der Waals surface area contributed by atoms with Gasteiger partial charge in [0.05, 0.1) is 12.8 Å². The maximum atomic E-state index is 12.1.